The van der Waals surface area contributed by atoms with Crippen LogP contribution < -0.4 is 0 Å². The summed E-state index contributed by atoms with van der Waals surface area (Å²) in [6, 6.07) is 47.1. The van der Waals surface area contributed by atoms with Gasteiger partial charge in [-0.15, -0.1) is 0 Å². The maximum absolute atomic E-state index is 7.00. The van der Waals surface area contributed by atoms with E-state index in [1.54, 1.807) is 0 Å². The average Bonchev–Trinajstić information content (AvgIpc) is 3.85. The van der Waals surface area contributed by atoms with Crippen molar-refractivity contribution in [2.75, 3.05) is 0 Å². The highest BCUT2D eigenvalue weighted by Crippen LogP contribution is 2.52. The maximum atomic E-state index is 7.00. The lowest BCUT2D eigenvalue weighted by atomic mass is 9.77. The van der Waals surface area contributed by atoms with Crippen molar-refractivity contribution in [1.29, 1.82) is 0 Å². The van der Waals surface area contributed by atoms with E-state index in [9.17, 15) is 0 Å². The average molecular weight is 814 g/mol. The van der Waals surface area contributed by atoms with Gasteiger partial charge in [-0.25, -0.2) is 0 Å². The minimum atomic E-state index is -0.0408. The first-order valence-electron chi connectivity index (χ1n) is 23.0. The van der Waals surface area contributed by atoms with Crippen LogP contribution in [0.4, 0.5) is 0 Å². The molecule has 0 amide bonds. The molecule has 0 fully saturated rings. The molecular weight excluding hydrogens is 763 g/mol. The number of rotatable bonds is 7. The molecule has 0 N–H and O–H groups in total. The first-order chi connectivity index (χ1) is 31.0. The fraction of sp³-hybridized carbons (Fsp3) is 0.180. The second-order valence-corrected chi connectivity index (χ2v) is 18.5. The van der Waals surface area contributed by atoms with Gasteiger partial charge >= 0.3 is 0 Å². The molecule has 306 valence electrons. The summed E-state index contributed by atoms with van der Waals surface area (Å²) in [6.45, 7) is 4.85. The van der Waals surface area contributed by atoms with Gasteiger partial charge in [0, 0.05) is 50.0 Å². The van der Waals surface area contributed by atoms with Crippen LogP contribution in [0.5, 0.6) is 0 Å². The van der Waals surface area contributed by atoms with Gasteiger partial charge in [-0.3, -0.25) is 0 Å². The Bertz CT molecular complexity index is 3260. The van der Waals surface area contributed by atoms with E-state index in [-0.39, 0.29) is 17.4 Å². The number of nitrogens with zero attached hydrogens (tertiary/aromatic N) is 1. The van der Waals surface area contributed by atoms with Crippen molar-refractivity contribution in [2.24, 2.45) is 0 Å². The van der Waals surface area contributed by atoms with Crippen LogP contribution in [-0.4, -0.2) is 10.9 Å². The molecule has 2 unspecified atom stereocenters. The molecule has 0 radical (unpaired) electrons. The summed E-state index contributed by atoms with van der Waals surface area (Å²) < 4.78 is 7.00. The minimum Gasteiger partial charge on any atom is -0.455 e. The Morgan fingerprint density at radius 2 is 1.40 bits per heavy atom. The molecular formula is C61H51NO. The van der Waals surface area contributed by atoms with E-state index in [2.05, 4.69) is 207 Å². The van der Waals surface area contributed by atoms with Crippen LogP contribution in [0.3, 0.4) is 0 Å². The first kappa shape index (κ1) is 37.8. The van der Waals surface area contributed by atoms with Gasteiger partial charge in [-0.1, -0.05) is 184 Å². The summed E-state index contributed by atoms with van der Waals surface area (Å²) in [7, 11) is 0. The highest BCUT2D eigenvalue weighted by atomic mass is 16.3. The molecule has 5 aliphatic carbocycles. The van der Waals surface area contributed by atoms with Gasteiger partial charge in [0.15, 0.2) is 0 Å². The Morgan fingerprint density at radius 3 is 2.27 bits per heavy atom. The third kappa shape index (κ3) is 6.29. The van der Waals surface area contributed by atoms with Crippen molar-refractivity contribution in [3.05, 3.63) is 233 Å². The predicted molar refractivity (Wildman–Crippen MR) is 265 cm³/mol. The smallest absolute Gasteiger partial charge is 0.143 e. The van der Waals surface area contributed by atoms with Gasteiger partial charge in [-0.05, 0) is 112 Å². The molecule has 0 spiro atoms. The van der Waals surface area contributed by atoms with Crippen LogP contribution in [-0.2, 0) is 5.41 Å². The van der Waals surface area contributed by atoms with E-state index in [1.165, 1.54) is 83.2 Å². The summed E-state index contributed by atoms with van der Waals surface area (Å²) in [4.78, 5) is 2.71. The number of fused-ring (bicyclic) bond motifs is 7. The van der Waals surface area contributed by atoms with E-state index in [0.29, 0.717) is 0 Å². The Kier molecular flexibility index (Phi) is 9.11. The van der Waals surface area contributed by atoms with Crippen LogP contribution in [0, 0.1) is 0 Å². The topological polar surface area (TPSA) is 16.4 Å². The molecule has 0 saturated heterocycles. The molecule has 63 heavy (non-hydrogen) atoms. The van der Waals surface area contributed by atoms with Gasteiger partial charge in [0.05, 0.1) is 6.04 Å². The van der Waals surface area contributed by atoms with Crippen molar-refractivity contribution in [3.63, 3.8) is 0 Å². The number of para-hydroxylation sites is 1. The SMILES string of the molecule is CC1(C)C2=C(C=CC(N(C3=CCC(c4ccc(C5=CCCC=C5)c(-c5ccccc5)c4)C=C3)C3=C(c4cccc5c4oc4c6ccccc6ccc54)C=CCC3)C2)c2ccccc21. The Hall–Kier alpha value is -6.90. The minimum absolute atomic E-state index is 0.0408. The standard InChI is InChI=1S/C61H51NO/c1-61(2)56-26-13-11-22-49(56)50-37-34-46(39-57(50)61)62(45-32-28-40(29-33-45)44-31-35-47(41-16-5-3-6-17-41)55(38-44)42-18-7-4-8-19-42)58-27-14-12-23-51(58)52-24-15-25-53-54-36-30-43-20-9-10-21-48(43)59(54)63-60(52)53/h4-5,7-13,15-26,28,30-38,40,46H,3,6,14,27,29,39H2,1-2H3. The molecule has 1 heterocycles. The van der Waals surface area contributed by atoms with Crippen LogP contribution in [0.1, 0.15) is 86.1 Å². The number of allylic oxidation sites excluding steroid dienone is 13. The largest absolute Gasteiger partial charge is 0.455 e. The fourth-order valence-corrected chi connectivity index (χ4v) is 11.3. The van der Waals surface area contributed by atoms with E-state index in [4.69, 9.17) is 4.42 Å². The van der Waals surface area contributed by atoms with Gasteiger partial charge in [0.1, 0.15) is 11.2 Å². The summed E-state index contributed by atoms with van der Waals surface area (Å²) in [5.74, 6) is 0.279. The second-order valence-electron chi connectivity index (χ2n) is 18.5. The van der Waals surface area contributed by atoms with Gasteiger partial charge in [0.25, 0.3) is 0 Å². The van der Waals surface area contributed by atoms with Gasteiger partial charge in [-0.2, -0.15) is 0 Å². The van der Waals surface area contributed by atoms with E-state index in [0.717, 1.165) is 60.6 Å². The van der Waals surface area contributed by atoms with Crippen LogP contribution in [0.15, 0.2) is 210 Å². The molecule has 2 atom stereocenters. The van der Waals surface area contributed by atoms with Crippen LogP contribution >= 0.6 is 0 Å². The van der Waals surface area contributed by atoms with Crippen LogP contribution in [0.2, 0.25) is 0 Å². The fourth-order valence-electron chi connectivity index (χ4n) is 11.3. The van der Waals surface area contributed by atoms with Crippen molar-refractivity contribution in [2.45, 2.75) is 69.7 Å². The van der Waals surface area contributed by atoms with Crippen molar-refractivity contribution in [1.82, 2.24) is 4.90 Å². The van der Waals surface area contributed by atoms with E-state index < -0.39 is 0 Å². The quantitative estimate of drug-likeness (QED) is 0.159. The lowest BCUT2D eigenvalue weighted by Gasteiger charge is -2.41. The highest BCUT2D eigenvalue weighted by Gasteiger charge is 2.41. The van der Waals surface area contributed by atoms with E-state index >= 15 is 0 Å². The molecule has 12 rings (SSSR count). The lowest BCUT2D eigenvalue weighted by Crippen LogP contribution is -2.36. The molecule has 5 aliphatic rings. The Balaban J connectivity index is 0.969. The molecule has 0 aliphatic heterocycles. The van der Waals surface area contributed by atoms with Crippen molar-refractivity contribution in [3.8, 4) is 11.1 Å². The summed E-state index contributed by atoms with van der Waals surface area (Å²) in [5, 5.41) is 4.69. The molecule has 1 aromatic heterocycles. The van der Waals surface area contributed by atoms with Gasteiger partial charge < -0.3 is 9.32 Å². The Labute approximate surface area is 371 Å². The third-order valence-electron chi connectivity index (χ3n) is 14.5. The zero-order chi connectivity index (χ0) is 42.1. The third-order valence-corrected chi connectivity index (χ3v) is 14.5. The number of hydrogen-bond acceptors (Lipinski definition) is 2. The first-order valence-corrected chi connectivity index (χ1v) is 23.0. The molecule has 2 heteroatoms. The lowest BCUT2D eigenvalue weighted by molar-refractivity contribution is 0.345. The van der Waals surface area contributed by atoms with Crippen LogP contribution in [0.25, 0.3) is 60.6 Å². The summed E-state index contributed by atoms with van der Waals surface area (Å²) >= 11 is 0. The molecule has 2 nitrogen and oxygen atoms in total. The summed E-state index contributed by atoms with van der Waals surface area (Å²) in [5.41, 5.74) is 19.3. The monoisotopic (exact) mass is 813 g/mol. The molecule has 7 aromatic rings. The number of benzene rings is 6. The highest BCUT2D eigenvalue weighted by molar-refractivity contribution is 6.16. The van der Waals surface area contributed by atoms with Crippen molar-refractivity contribution < 1.29 is 4.42 Å². The zero-order valence-corrected chi connectivity index (χ0v) is 36.2. The normalized spacial score (nSPS) is 20.1. The molecule has 0 saturated carbocycles. The Morgan fingerprint density at radius 1 is 0.587 bits per heavy atom. The summed E-state index contributed by atoms with van der Waals surface area (Å²) in [6.07, 6.45) is 30.2. The number of furan rings is 1. The molecule has 6 aromatic carbocycles. The van der Waals surface area contributed by atoms with Gasteiger partial charge in [0.2, 0.25) is 0 Å². The second kappa shape index (κ2) is 15.2. The predicted octanol–water partition coefficient (Wildman–Crippen LogP) is 16.2. The van der Waals surface area contributed by atoms with E-state index in [1.807, 2.05) is 0 Å². The number of hydrogen-bond donors (Lipinski definition) is 0. The van der Waals surface area contributed by atoms with Crippen molar-refractivity contribution >= 4 is 49.4 Å². The maximum Gasteiger partial charge on any atom is 0.143 e. The zero-order valence-electron chi connectivity index (χ0n) is 36.2. The molecule has 0 bridgehead atoms.